The molecule has 10 aromatic carbocycles. The number of fused-ring (bicyclic) bond motifs is 9. The monoisotopic (exact) mass is 620 g/mol. The number of hydrogen-bond donors (Lipinski definition) is 0. The SMILES string of the molecule is c1ccc(-c2cccc3c2oc2c(-c4cccc(-c5ccc6c(c5)c5cccc7c8ccccc8c8cccc6c8c75)c4)cccc23)cc1. The third-order valence-corrected chi connectivity index (χ3v) is 10.6. The van der Waals surface area contributed by atoms with Gasteiger partial charge in [-0.3, -0.25) is 0 Å². The third-order valence-electron chi connectivity index (χ3n) is 10.6. The fourth-order valence-electron chi connectivity index (χ4n) is 8.43. The maximum Gasteiger partial charge on any atom is 0.143 e. The summed E-state index contributed by atoms with van der Waals surface area (Å²) in [6.07, 6.45) is 0. The van der Waals surface area contributed by atoms with Crippen molar-refractivity contribution in [1.82, 2.24) is 0 Å². The van der Waals surface area contributed by atoms with Crippen molar-refractivity contribution < 1.29 is 4.42 Å². The maximum atomic E-state index is 6.77. The Labute approximate surface area is 282 Å². The largest absolute Gasteiger partial charge is 0.455 e. The van der Waals surface area contributed by atoms with Crippen LogP contribution in [0.3, 0.4) is 0 Å². The zero-order chi connectivity index (χ0) is 32.1. The summed E-state index contributed by atoms with van der Waals surface area (Å²) in [5, 5.41) is 15.5. The predicted molar refractivity (Wildman–Crippen MR) is 209 cm³/mol. The van der Waals surface area contributed by atoms with E-state index in [0.29, 0.717) is 0 Å². The Balaban J connectivity index is 1.12. The Bertz CT molecular complexity index is 3090. The lowest BCUT2D eigenvalue weighted by atomic mass is 9.85. The van der Waals surface area contributed by atoms with E-state index in [-0.39, 0.29) is 0 Å². The molecular formula is C48H28O. The van der Waals surface area contributed by atoms with Crippen LogP contribution < -0.4 is 0 Å². The van der Waals surface area contributed by atoms with Gasteiger partial charge in [-0.1, -0.05) is 158 Å². The minimum Gasteiger partial charge on any atom is -0.455 e. The van der Waals surface area contributed by atoms with Gasteiger partial charge in [0.1, 0.15) is 11.2 Å². The fraction of sp³-hybridized carbons (Fsp3) is 0. The van der Waals surface area contributed by atoms with E-state index >= 15 is 0 Å². The summed E-state index contributed by atoms with van der Waals surface area (Å²) in [5.41, 5.74) is 8.76. The first-order valence-corrected chi connectivity index (χ1v) is 16.9. The number of benzene rings is 10. The Morgan fingerprint density at radius 3 is 1.33 bits per heavy atom. The maximum absolute atomic E-state index is 6.77. The van der Waals surface area contributed by atoms with Gasteiger partial charge < -0.3 is 4.42 Å². The lowest BCUT2D eigenvalue weighted by Crippen LogP contribution is -1.90. The molecule has 49 heavy (non-hydrogen) atoms. The van der Waals surface area contributed by atoms with E-state index in [1.54, 1.807) is 0 Å². The van der Waals surface area contributed by atoms with E-state index in [1.807, 2.05) is 0 Å². The zero-order valence-corrected chi connectivity index (χ0v) is 26.6. The molecule has 1 heteroatoms. The number of rotatable bonds is 3. The molecule has 11 aromatic rings. The van der Waals surface area contributed by atoms with Crippen LogP contribution in [0.1, 0.15) is 0 Å². The number of para-hydroxylation sites is 2. The van der Waals surface area contributed by atoms with Crippen LogP contribution in [0.5, 0.6) is 0 Å². The van der Waals surface area contributed by atoms with Crippen molar-refractivity contribution in [3.8, 4) is 33.4 Å². The summed E-state index contributed by atoms with van der Waals surface area (Å²) in [4.78, 5) is 0. The highest BCUT2D eigenvalue weighted by Gasteiger charge is 2.18. The highest BCUT2D eigenvalue weighted by Crippen LogP contribution is 2.46. The molecule has 0 saturated heterocycles. The topological polar surface area (TPSA) is 13.1 Å². The molecule has 1 nitrogen and oxygen atoms in total. The molecule has 1 heterocycles. The summed E-state index contributed by atoms with van der Waals surface area (Å²) in [7, 11) is 0. The molecule has 226 valence electrons. The van der Waals surface area contributed by atoms with Gasteiger partial charge in [-0.15, -0.1) is 0 Å². The normalized spacial score (nSPS) is 12.1. The first-order valence-electron chi connectivity index (χ1n) is 16.9. The molecule has 0 aliphatic carbocycles. The Morgan fingerprint density at radius 2 is 0.673 bits per heavy atom. The van der Waals surface area contributed by atoms with Gasteiger partial charge >= 0.3 is 0 Å². The van der Waals surface area contributed by atoms with Gasteiger partial charge in [0.15, 0.2) is 0 Å². The smallest absolute Gasteiger partial charge is 0.143 e. The summed E-state index contributed by atoms with van der Waals surface area (Å²) in [6, 6.07) is 61.8. The first kappa shape index (κ1) is 26.6. The second-order valence-electron chi connectivity index (χ2n) is 13.2. The highest BCUT2D eigenvalue weighted by molar-refractivity contribution is 6.40. The predicted octanol–water partition coefficient (Wildman–Crippen LogP) is 13.8. The third kappa shape index (κ3) is 3.76. The number of hydrogen-bond acceptors (Lipinski definition) is 1. The molecule has 0 atom stereocenters. The molecule has 0 aliphatic heterocycles. The van der Waals surface area contributed by atoms with Crippen LogP contribution in [0.4, 0.5) is 0 Å². The quantitative estimate of drug-likeness (QED) is 0.141. The van der Waals surface area contributed by atoms with Gasteiger partial charge in [-0.25, -0.2) is 0 Å². The van der Waals surface area contributed by atoms with Crippen LogP contribution in [0, 0.1) is 0 Å². The van der Waals surface area contributed by atoms with Crippen LogP contribution in [-0.2, 0) is 0 Å². The van der Waals surface area contributed by atoms with Crippen molar-refractivity contribution in [2.45, 2.75) is 0 Å². The van der Waals surface area contributed by atoms with Crippen molar-refractivity contribution in [2.75, 3.05) is 0 Å². The van der Waals surface area contributed by atoms with Gasteiger partial charge in [-0.05, 0) is 88.2 Å². The molecule has 0 bridgehead atoms. The molecule has 0 unspecified atom stereocenters. The first-order chi connectivity index (χ1) is 24.3. The standard InChI is InChI=1S/C48H28O/c1-2-11-29(12-3-1)33-17-7-23-42-43-24-8-18-34(48(43)49-47(33)42)32-14-6-13-30(27-32)31-25-26-37-40-21-9-19-38-35-15-4-5-16-36(35)39-20-10-22-41(44(37)28-31)46(39)45(38)40/h1-28H. The molecule has 0 amide bonds. The molecule has 1 aromatic heterocycles. The van der Waals surface area contributed by atoms with Crippen LogP contribution in [0.25, 0.3) is 109 Å². The van der Waals surface area contributed by atoms with Crippen molar-refractivity contribution in [3.63, 3.8) is 0 Å². The van der Waals surface area contributed by atoms with E-state index in [9.17, 15) is 0 Å². The molecule has 0 fully saturated rings. The molecule has 0 spiro atoms. The highest BCUT2D eigenvalue weighted by atomic mass is 16.3. The zero-order valence-electron chi connectivity index (χ0n) is 26.6. The van der Waals surface area contributed by atoms with Gasteiger partial charge in [-0.2, -0.15) is 0 Å². The number of furan rings is 1. The molecule has 11 rings (SSSR count). The van der Waals surface area contributed by atoms with Crippen LogP contribution in [0.2, 0.25) is 0 Å². The van der Waals surface area contributed by atoms with E-state index in [4.69, 9.17) is 4.42 Å². The van der Waals surface area contributed by atoms with Gasteiger partial charge in [0.25, 0.3) is 0 Å². The summed E-state index contributed by atoms with van der Waals surface area (Å²) in [5.74, 6) is 0. The molecule has 0 radical (unpaired) electrons. The summed E-state index contributed by atoms with van der Waals surface area (Å²) < 4.78 is 6.77. The van der Waals surface area contributed by atoms with Crippen molar-refractivity contribution >= 4 is 75.8 Å². The van der Waals surface area contributed by atoms with Crippen molar-refractivity contribution in [1.29, 1.82) is 0 Å². The second kappa shape index (κ2) is 10.0. The van der Waals surface area contributed by atoms with E-state index in [0.717, 1.165) is 44.2 Å². The molecule has 0 saturated carbocycles. The Kier molecular flexibility index (Phi) is 5.45. The molecule has 0 aliphatic rings. The minimum absolute atomic E-state index is 0.923. The van der Waals surface area contributed by atoms with Crippen molar-refractivity contribution in [3.05, 3.63) is 170 Å². The Morgan fingerprint density at radius 1 is 0.245 bits per heavy atom. The lowest BCUT2D eigenvalue weighted by molar-refractivity contribution is 0.671. The van der Waals surface area contributed by atoms with E-state index in [1.165, 1.54) is 65.0 Å². The average Bonchev–Trinajstić information content (AvgIpc) is 3.57. The van der Waals surface area contributed by atoms with Crippen LogP contribution >= 0.6 is 0 Å². The summed E-state index contributed by atoms with van der Waals surface area (Å²) >= 11 is 0. The van der Waals surface area contributed by atoms with E-state index < -0.39 is 0 Å². The van der Waals surface area contributed by atoms with Crippen LogP contribution in [0.15, 0.2) is 174 Å². The van der Waals surface area contributed by atoms with Crippen molar-refractivity contribution in [2.24, 2.45) is 0 Å². The Hall–Kier alpha value is -6.44. The fourth-order valence-corrected chi connectivity index (χ4v) is 8.43. The second-order valence-corrected chi connectivity index (χ2v) is 13.2. The van der Waals surface area contributed by atoms with E-state index in [2.05, 4.69) is 170 Å². The summed E-state index contributed by atoms with van der Waals surface area (Å²) in [6.45, 7) is 0. The van der Waals surface area contributed by atoms with Gasteiger partial charge in [0.05, 0.1) is 0 Å². The molecular weight excluding hydrogens is 593 g/mol. The van der Waals surface area contributed by atoms with Crippen LogP contribution in [-0.4, -0.2) is 0 Å². The lowest BCUT2D eigenvalue weighted by Gasteiger charge is -2.18. The average molecular weight is 621 g/mol. The minimum atomic E-state index is 0.923. The molecule has 0 N–H and O–H groups in total. The van der Waals surface area contributed by atoms with Gasteiger partial charge in [0.2, 0.25) is 0 Å². The van der Waals surface area contributed by atoms with Gasteiger partial charge in [0, 0.05) is 21.9 Å².